The van der Waals surface area contributed by atoms with E-state index in [1.165, 1.54) is 0 Å². The molecule has 0 radical (unpaired) electrons. The maximum absolute atomic E-state index is 5.88. The topological polar surface area (TPSA) is 30.5 Å². The van der Waals surface area contributed by atoms with Crippen LogP contribution in [0, 0.1) is 5.41 Å². The standard InChI is InChI=1S/C17H37NO2/c1-14(2)18-16(5,6)12-15(3,4)13-20-11-10-17(7,8)19-9/h14,18H,10-13H2,1-9H3. The summed E-state index contributed by atoms with van der Waals surface area (Å²) in [6.45, 7) is 19.2. The summed E-state index contributed by atoms with van der Waals surface area (Å²) in [5.41, 5.74) is 0.206. The number of hydrogen-bond donors (Lipinski definition) is 1. The highest BCUT2D eigenvalue weighted by molar-refractivity contribution is 4.86. The highest BCUT2D eigenvalue weighted by Gasteiger charge is 2.29. The van der Waals surface area contributed by atoms with Gasteiger partial charge in [-0.3, -0.25) is 0 Å². The molecular formula is C17H37NO2. The van der Waals surface area contributed by atoms with Crippen LogP contribution in [-0.4, -0.2) is 37.5 Å². The molecule has 0 unspecified atom stereocenters. The van der Waals surface area contributed by atoms with Crippen molar-refractivity contribution in [3.05, 3.63) is 0 Å². The van der Waals surface area contributed by atoms with Crippen LogP contribution in [0.25, 0.3) is 0 Å². The Morgan fingerprint density at radius 1 is 1.00 bits per heavy atom. The molecule has 0 rings (SSSR count). The molecule has 0 aliphatic carbocycles. The number of hydrogen-bond acceptors (Lipinski definition) is 3. The normalized spacial score (nSPS) is 14.1. The van der Waals surface area contributed by atoms with Gasteiger partial charge in [-0.25, -0.2) is 0 Å². The Morgan fingerprint density at radius 2 is 1.55 bits per heavy atom. The largest absolute Gasteiger partial charge is 0.381 e. The summed E-state index contributed by atoms with van der Waals surface area (Å²) in [7, 11) is 1.75. The molecule has 0 amide bonds. The predicted molar refractivity (Wildman–Crippen MR) is 87.3 cm³/mol. The van der Waals surface area contributed by atoms with Crippen molar-refractivity contribution in [2.24, 2.45) is 5.41 Å². The molecule has 0 aromatic carbocycles. The van der Waals surface area contributed by atoms with Gasteiger partial charge in [0, 0.05) is 25.3 Å². The average Bonchev–Trinajstić information content (AvgIpc) is 2.21. The average molecular weight is 287 g/mol. The van der Waals surface area contributed by atoms with Gasteiger partial charge in [0.1, 0.15) is 0 Å². The first kappa shape index (κ1) is 19.9. The quantitative estimate of drug-likeness (QED) is 0.616. The maximum atomic E-state index is 5.88. The maximum Gasteiger partial charge on any atom is 0.0644 e. The van der Waals surface area contributed by atoms with Gasteiger partial charge in [0.2, 0.25) is 0 Å². The minimum absolute atomic E-state index is 0.0946. The number of methoxy groups -OCH3 is 1. The second kappa shape index (κ2) is 7.77. The van der Waals surface area contributed by atoms with E-state index >= 15 is 0 Å². The van der Waals surface area contributed by atoms with Gasteiger partial charge in [-0.2, -0.15) is 0 Å². The van der Waals surface area contributed by atoms with E-state index in [9.17, 15) is 0 Å². The molecule has 0 aromatic heterocycles. The Kier molecular flexibility index (Phi) is 7.72. The molecule has 0 fully saturated rings. The van der Waals surface area contributed by atoms with E-state index in [4.69, 9.17) is 9.47 Å². The number of nitrogens with one attached hydrogen (secondary N) is 1. The Bertz CT molecular complexity index is 270. The van der Waals surface area contributed by atoms with E-state index in [-0.39, 0.29) is 16.6 Å². The van der Waals surface area contributed by atoms with Crippen LogP contribution in [0.4, 0.5) is 0 Å². The second-order valence-electron chi connectivity index (χ2n) is 8.29. The van der Waals surface area contributed by atoms with Gasteiger partial charge in [0.25, 0.3) is 0 Å². The zero-order valence-corrected chi connectivity index (χ0v) is 15.2. The van der Waals surface area contributed by atoms with Crippen molar-refractivity contribution in [2.75, 3.05) is 20.3 Å². The lowest BCUT2D eigenvalue weighted by Crippen LogP contribution is -2.47. The third-order valence-corrected chi connectivity index (χ3v) is 3.49. The number of ether oxygens (including phenoxy) is 2. The van der Waals surface area contributed by atoms with E-state index in [1.807, 2.05) is 0 Å². The van der Waals surface area contributed by atoms with Gasteiger partial charge in [0.15, 0.2) is 0 Å². The van der Waals surface area contributed by atoms with Crippen molar-refractivity contribution in [3.63, 3.8) is 0 Å². The van der Waals surface area contributed by atoms with E-state index in [2.05, 4.69) is 60.7 Å². The first-order chi connectivity index (χ1) is 8.89. The summed E-state index contributed by atoms with van der Waals surface area (Å²) in [4.78, 5) is 0. The van der Waals surface area contributed by atoms with Gasteiger partial charge in [-0.15, -0.1) is 0 Å². The molecule has 0 bridgehead atoms. The Hall–Kier alpha value is -0.120. The fourth-order valence-electron chi connectivity index (χ4n) is 2.85. The van der Waals surface area contributed by atoms with Crippen LogP contribution in [0.5, 0.6) is 0 Å². The van der Waals surface area contributed by atoms with Crippen molar-refractivity contribution in [3.8, 4) is 0 Å². The molecule has 0 aromatic rings. The first-order valence-corrected chi connectivity index (χ1v) is 7.80. The van der Waals surface area contributed by atoms with Crippen molar-refractivity contribution >= 4 is 0 Å². The summed E-state index contributed by atoms with van der Waals surface area (Å²) in [5, 5.41) is 3.62. The van der Waals surface area contributed by atoms with Crippen molar-refractivity contribution < 1.29 is 9.47 Å². The molecule has 1 N–H and O–H groups in total. The monoisotopic (exact) mass is 287 g/mol. The van der Waals surface area contributed by atoms with E-state index in [1.54, 1.807) is 7.11 Å². The van der Waals surface area contributed by atoms with Gasteiger partial charge >= 0.3 is 0 Å². The van der Waals surface area contributed by atoms with Crippen LogP contribution in [0.15, 0.2) is 0 Å². The van der Waals surface area contributed by atoms with Crippen LogP contribution in [0.1, 0.15) is 68.2 Å². The molecular weight excluding hydrogens is 250 g/mol. The Morgan fingerprint density at radius 3 is 2.00 bits per heavy atom. The van der Waals surface area contributed by atoms with E-state index < -0.39 is 0 Å². The third kappa shape index (κ3) is 9.73. The fraction of sp³-hybridized carbons (Fsp3) is 1.00. The molecule has 3 nitrogen and oxygen atoms in total. The van der Waals surface area contributed by atoms with Crippen molar-refractivity contribution in [1.82, 2.24) is 5.32 Å². The third-order valence-electron chi connectivity index (χ3n) is 3.49. The molecule has 0 aliphatic heterocycles. The molecule has 0 saturated heterocycles. The lowest BCUT2D eigenvalue weighted by Gasteiger charge is -2.37. The molecule has 0 saturated carbocycles. The van der Waals surface area contributed by atoms with Crippen molar-refractivity contribution in [2.45, 2.75) is 85.4 Å². The van der Waals surface area contributed by atoms with Crippen LogP contribution >= 0.6 is 0 Å². The molecule has 20 heavy (non-hydrogen) atoms. The van der Waals surface area contributed by atoms with E-state index in [0.717, 1.165) is 26.1 Å². The van der Waals surface area contributed by atoms with Gasteiger partial charge in [-0.1, -0.05) is 27.7 Å². The molecule has 0 spiro atoms. The summed E-state index contributed by atoms with van der Waals surface area (Å²) in [6.07, 6.45) is 2.01. The molecule has 3 heteroatoms. The van der Waals surface area contributed by atoms with E-state index in [0.29, 0.717) is 6.04 Å². The summed E-state index contributed by atoms with van der Waals surface area (Å²) in [5.74, 6) is 0. The van der Waals surface area contributed by atoms with Crippen LogP contribution in [-0.2, 0) is 9.47 Å². The van der Waals surface area contributed by atoms with Crippen LogP contribution in [0.3, 0.4) is 0 Å². The van der Waals surface area contributed by atoms with Gasteiger partial charge in [0.05, 0.1) is 12.2 Å². The smallest absolute Gasteiger partial charge is 0.0644 e. The second-order valence-corrected chi connectivity index (χ2v) is 8.29. The molecule has 122 valence electrons. The Balaban J connectivity index is 4.13. The predicted octanol–water partition coefficient (Wildman–Crippen LogP) is 4.01. The van der Waals surface area contributed by atoms with Crippen molar-refractivity contribution in [1.29, 1.82) is 0 Å². The van der Waals surface area contributed by atoms with Crippen LogP contribution < -0.4 is 5.32 Å². The zero-order valence-electron chi connectivity index (χ0n) is 15.2. The number of rotatable bonds is 10. The highest BCUT2D eigenvalue weighted by Crippen LogP contribution is 2.28. The molecule has 0 aliphatic rings. The SMILES string of the molecule is COC(C)(C)CCOCC(C)(C)CC(C)(C)NC(C)C. The summed E-state index contributed by atoms with van der Waals surface area (Å²) >= 11 is 0. The van der Waals surface area contributed by atoms with Gasteiger partial charge in [-0.05, 0) is 46.0 Å². The minimum atomic E-state index is -0.0946. The highest BCUT2D eigenvalue weighted by atomic mass is 16.5. The first-order valence-electron chi connectivity index (χ1n) is 7.80. The summed E-state index contributed by atoms with van der Waals surface area (Å²) < 4.78 is 11.3. The lowest BCUT2D eigenvalue weighted by molar-refractivity contribution is -0.0247. The Labute approximate surface area is 126 Å². The fourth-order valence-corrected chi connectivity index (χ4v) is 2.85. The van der Waals surface area contributed by atoms with Gasteiger partial charge < -0.3 is 14.8 Å². The summed E-state index contributed by atoms with van der Waals surface area (Å²) in [6, 6.07) is 0.504. The zero-order chi connectivity index (χ0) is 16.0. The minimum Gasteiger partial charge on any atom is -0.381 e. The van der Waals surface area contributed by atoms with Crippen LogP contribution in [0.2, 0.25) is 0 Å². The molecule has 0 atom stereocenters. The molecule has 0 heterocycles. The lowest BCUT2D eigenvalue weighted by atomic mass is 9.80.